The molecule has 3 atom stereocenters. The lowest BCUT2D eigenvalue weighted by molar-refractivity contribution is -0.139. The number of carbonyl (C=O) groups is 2. The van der Waals surface area contributed by atoms with Gasteiger partial charge in [-0.05, 0) is 77.3 Å². The SMILES string of the molecule is CCOC(=O)C1=C[C@@H]2CC[C@H]3c4c(c5ccccc5n4C(=O)OC(C)(C)C)CCN3[C@H]2CC1. The van der Waals surface area contributed by atoms with Crippen LogP contribution in [0.1, 0.15) is 70.7 Å². The number of hydrogen-bond donors (Lipinski definition) is 0. The summed E-state index contributed by atoms with van der Waals surface area (Å²) in [5.74, 6) is 0.194. The first-order valence-corrected chi connectivity index (χ1v) is 12.3. The molecule has 0 amide bonds. The standard InChI is InChI=1S/C27H34N2O4/c1-5-32-25(30)18-11-12-21-17(16-18)10-13-23-24-20(14-15-28(21)23)19-8-6-7-9-22(19)29(24)26(31)33-27(2,3)4/h6-9,16-17,21,23H,5,10-15H2,1-4H3/t17-,21-,23-/m0/s1. The van der Waals surface area contributed by atoms with Crippen LogP contribution in [0.3, 0.4) is 0 Å². The normalized spacial score (nSPS) is 25.0. The van der Waals surface area contributed by atoms with Crippen molar-refractivity contribution in [2.45, 2.75) is 77.5 Å². The van der Waals surface area contributed by atoms with Gasteiger partial charge >= 0.3 is 12.1 Å². The van der Waals surface area contributed by atoms with E-state index in [1.807, 2.05) is 50.5 Å². The summed E-state index contributed by atoms with van der Waals surface area (Å²) in [6.07, 6.45) is 6.46. The second-order valence-corrected chi connectivity index (χ2v) is 10.5. The second-order valence-electron chi connectivity index (χ2n) is 10.5. The highest BCUT2D eigenvalue weighted by Crippen LogP contribution is 2.47. The van der Waals surface area contributed by atoms with Crippen molar-refractivity contribution in [3.05, 3.63) is 47.2 Å². The summed E-state index contributed by atoms with van der Waals surface area (Å²) in [5.41, 5.74) is 3.61. The monoisotopic (exact) mass is 450 g/mol. The summed E-state index contributed by atoms with van der Waals surface area (Å²) >= 11 is 0. The molecule has 5 rings (SSSR count). The number of fused-ring (bicyclic) bond motifs is 7. The third kappa shape index (κ3) is 3.88. The lowest BCUT2D eigenvalue weighted by atomic mass is 9.75. The number of benzene rings is 1. The molecular weight excluding hydrogens is 416 g/mol. The molecule has 1 aromatic carbocycles. The van der Waals surface area contributed by atoms with Crippen molar-refractivity contribution in [1.29, 1.82) is 0 Å². The molecule has 176 valence electrons. The van der Waals surface area contributed by atoms with Crippen LogP contribution in [0.2, 0.25) is 0 Å². The lowest BCUT2D eigenvalue weighted by Crippen LogP contribution is -2.51. The van der Waals surface area contributed by atoms with Crippen LogP contribution >= 0.6 is 0 Å². The first-order chi connectivity index (χ1) is 15.8. The molecule has 6 nitrogen and oxygen atoms in total. The van der Waals surface area contributed by atoms with Crippen molar-refractivity contribution >= 4 is 23.0 Å². The van der Waals surface area contributed by atoms with Gasteiger partial charge in [-0.1, -0.05) is 24.3 Å². The Morgan fingerprint density at radius 1 is 1.09 bits per heavy atom. The molecule has 33 heavy (non-hydrogen) atoms. The van der Waals surface area contributed by atoms with Crippen molar-refractivity contribution < 1.29 is 19.1 Å². The molecular formula is C27H34N2O4. The molecule has 0 radical (unpaired) electrons. The Kier molecular flexibility index (Phi) is 5.60. The van der Waals surface area contributed by atoms with E-state index in [2.05, 4.69) is 17.0 Å². The molecule has 3 heterocycles. The second kappa shape index (κ2) is 8.32. The van der Waals surface area contributed by atoms with Crippen LogP contribution in [0.4, 0.5) is 4.79 Å². The number of aromatic nitrogens is 1. The fraction of sp³-hybridized carbons (Fsp3) is 0.556. The zero-order valence-corrected chi connectivity index (χ0v) is 20.1. The predicted molar refractivity (Wildman–Crippen MR) is 127 cm³/mol. The van der Waals surface area contributed by atoms with Gasteiger partial charge in [-0.3, -0.25) is 4.90 Å². The van der Waals surface area contributed by atoms with Gasteiger partial charge in [0.1, 0.15) is 5.60 Å². The third-order valence-electron chi connectivity index (χ3n) is 7.29. The highest BCUT2D eigenvalue weighted by molar-refractivity contribution is 5.94. The predicted octanol–water partition coefficient (Wildman–Crippen LogP) is 5.39. The average molecular weight is 451 g/mol. The molecule has 1 fully saturated rings. The Morgan fingerprint density at radius 2 is 1.88 bits per heavy atom. The number of rotatable bonds is 2. The first-order valence-electron chi connectivity index (χ1n) is 12.3. The number of nitrogens with zero attached hydrogens (tertiary/aromatic N) is 2. The molecule has 0 saturated carbocycles. The third-order valence-corrected chi connectivity index (χ3v) is 7.29. The molecule has 0 spiro atoms. The summed E-state index contributed by atoms with van der Waals surface area (Å²) in [6.45, 7) is 8.98. The first kappa shape index (κ1) is 22.2. The molecule has 1 saturated heterocycles. The summed E-state index contributed by atoms with van der Waals surface area (Å²) in [5, 5.41) is 1.16. The van der Waals surface area contributed by atoms with Crippen molar-refractivity contribution in [2.75, 3.05) is 13.2 Å². The van der Waals surface area contributed by atoms with Gasteiger partial charge in [-0.25, -0.2) is 14.2 Å². The van der Waals surface area contributed by atoms with E-state index in [0.29, 0.717) is 18.6 Å². The summed E-state index contributed by atoms with van der Waals surface area (Å²) in [7, 11) is 0. The summed E-state index contributed by atoms with van der Waals surface area (Å²) < 4.78 is 12.9. The maximum atomic E-state index is 13.4. The van der Waals surface area contributed by atoms with Gasteiger partial charge in [0.15, 0.2) is 0 Å². The largest absolute Gasteiger partial charge is 0.463 e. The van der Waals surface area contributed by atoms with Crippen LogP contribution in [0.15, 0.2) is 35.9 Å². The lowest BCUT2D eigenvalue weighted by Gasteiger charge is -2.49. The molecule has 2 aromatic rings. The molecule has 0 N–H and O–H groups in total. The van der Waals surface area contributed by atoms with Crippen LogP contribution < -0.4 is 0 Å². The van der Waals surface area contributed by atoms with Crippen LogP contribution in [0.5, 0.6) is 0 Å². The van der Waals surface area contributed by atoms with E-state index in [0.717, 1.165) is 60.8 Å². The van der Waals surface area contributed by atoms with Gasteiger partial charge < -0.3 is 9.47 Å². The van der Waals surface area contributed by atoms with Gasteiger partial charge in [0, 0.05) is 23.5 Å². The molecule has 3 aliphatic rings. The highest BCUT2D eigenvalue weighted by Gasteiger charge is 2.44. The number of esters is 1. The molecule has 0 bridgehead atoms. The summed E-state index contributed by atoms with van der Waals surface area (Å²) in [4.78, 5) is 28.3. The molecule has 1 aliphatic carbocycles. The fourth-order valence-electron chi connectivity index (χ4n) is 6.10. The van der Waals surface area contributed by atoms with E-state index in [-0.39, 0.29) is 18.1 Å². The molecule has 0 unspecified atom stereocenters. The number of ether oxygens (including phenoxy) is 2. The minimum atomic E-state index is -0.557. The van der Waals surface area contributed by atoms with Crippen molar-refractivity contribution in [2.24, 2.45) is 5.92 Å². The zero-order chi connectivity index (χ0) is 23.3. The Morgan fingerprint density at radius 3 is 2.64 bits per heavy atom. The van der Waals surface area contributed by atoms with E-state index >= 15 is 0 Å². The smallest absolute Gasteiger partial charge is 0.419 e. The quantitative estimate of drug-likeness (QED) is 0.575. The van der Waals surface area contributed by atoms with E-state index in [4.69, 9.17) is 9.47 Å². The fourth-order valence-corrected chi connectivity index (χ4v) is 6.10. The maximum absolute atomic E-state index is 13.4. The maximum Gasteiger partial charge on any atom is 0.419 e. The van der Waals surface area contributed by atoms with Gasteiger partial charge in [-0.15, -0.1) is 0 Å². The van der Waals surface area contributed by atoms with Gasteiger partial charge in [0.2, 0.25) is 0 Å². The Balaban J connectivity index is 1.52. The van der Waals surface area contributed by atoms with E-state index in [1.54, 1.807) is 0 Å². The van der Waals surface area contributed by atoms with E-state index in [1.165, 1.54) is 5.56 Å². The van der Waals surface area contributed by atoms with Crippen LogP contribution in [-0.2, 0) is 20.7 Å². The van der Waals surface area contributed by atoms with Gasteiger partial charge in [-0.2, -0.15) is 0 Å². The highest BCUT2D eigenvalue weighted by atomic mass is 16.6. The molecule has 1 aromatic heterocycles. The van der Waals surface area contributed by atoms with Crippen molar-refractivity contribution in [3.63, 3.8) is 0 Å². The van der Waals surface area contributed by atoms with E-state index < -0.39 is 5.60 Å². The number of piperidine rings is 1. The van der Waals surface area contributed by atoms with Crippen LogP contribution in [-0.4, -0.2) is 46.3 Å². The Hall–Kier alpha value is -2.60. The minimum Gasteiger partial charge on any atom is -0.463 e. The summed E-state index contributed by atoms with van der Waals surface area (Å²) in [6, 6.07) is 8.78. The minimum absolute atomic E-state index is 0.163. The number of para-hydroxylation sites is 1. The van der Waals surface area contributed by atoms with Crippen molar-refractivity contribution in [3.8, 4) is 0 Å². The topological polar surface area (TPSA) is 60.8 Å². The molecule has 2 aliphatic heterocycles. The Labute approximate surface area is 195 Å². The van der Waals surface area contributed by atoms with Crippen LogP contribution in [0.25, 0.3) is 10.9 Å². The zero-order valence-electron chi connectivity index (χ0n) is 20.1. The number of carbonyl (C=O) groups excluding carboxylic acids is 2. The molecule has 6 heteroatoms. The van der Waals surface area contributed by atoms with Crippen LogP contribution in [0, 0.1) is 5.92 Å². The number of hydrogen-bond acceptors (Lipinski definition) is 5. The van der Waals surface area contributed by atoms with Gasteiger partial charge in [0.25, 0.3) is 0 Å². The van der Waals surface area contributed by atoms with Gasteiger partial charge in [0.05, 0.1) is 23.9 Å². The van der Waals surface area contributed by atoms with Crippen molar-refractivity contribution in [1.82, 2.24) is 9.47 Å². The average Bonchev–Trinajstić information content (AvgIpc) is 3.12. The van der Waals surface area contributed by atoms with E-state index in [9.17, 15) is 9.59 Å². The Bertz CT molecular complexity index is 1120.